The maximum Gasteiger partial charge on any atom is 0.261 e. The van der Waals surface area contributed by atoms with Crippen LogP contribution in [0.1, 0.15) is 20.8 Å². The lowest BCUT2D eigenvalue weighted by Crippen LogP contribution is -2.38. The molecule has 0 saturated heterocycles. The Morgan fingerprint density at radius 2 is 1.97 bits per heavy atom. The number of fused-ring (bicyclic) bond motifs is 1. The molecule has 194 valence electrons. The quantitative estimate of drug-likeness (QED) is 0.237. The van der Waals surface area contributed by atoms with Crippen molar-refractivity contribution in [2.75, 3.05) is 5.73 Å². The molecule has 0 radical (unpaired) electrons. The van der Waals surface area contributed by atoms with Gasteiger partial charge in [-0.2, -0.15) is 10.4 Å². The number of para-hydroxylation sites is 1. The second-order valence-electron chi connectivity index (χ2n) is 9.41. The van der Waals surface area contributed by atoms with E-state index in [1.54, 1.807) is 45.0 Å². The number of carbonyl (C=O) groups excluding carboxylic acids is 1. The van der Waals surface area contributed by atoms with Gasteiger partial charge in [0, 0.05) is 23.2 Å². The molecule has 0 saturated carbocycles. The molecule has 1 amide bonds. The number of hydrogen-bond donors (Lipinski definition) is 3. The highest BCUT2D eigenvalue weighted by Gasteiger charge is 2.22. The van der Waals surface area contributed by atoms with Gasteiger partial charge in [0.2, 0.25) is 0 Å². The van der Waals surface area contributed by atoms with Crippen molar-refractivity contribution in [3.8, 4) is 28.8 Å². The van der Waals surface area contributed by atoms with Crippen LogP contribution in [-0.2, 0) is 11.3 Å². The normalized spacial score (nSPS) is 12.7. The highest BCUT2D eigenvalue weighted by atomic mass is 19.1. The number of nitrogens with zero attached hydrogens (tertiary/aromatic N) is 5. The average Bonchev–Trinajstić information content (AvgIpc) is 3.21. The van der Waals surface area contributed by atoms with Gasteiger partial charge in [-0.1, -0.05) is 18.2 Å². The molecule has 0 fully saturated rings. The zero-order chi connectivity index (χ0) is 27.4. The first-order chi connectivity index (χ1) is 18.1. The summed E-state index contributed by atoms with van der Waals surface area (Å²) < 4.78 is 22.5. The minimum Gasteiger partial charge on any atom is -0.457 e. The van der Waals surface area contributed by atoms with Crippen LogP contribution in [0.2, 0.25) is 0 Å². The number of benzene rings is 2. The van der Waals surface area contributed by atoms with Crippen molar-refractivity contribution in [2.24, 2.45) is 5.73 Å². The smallest absolute Gasteiger partial charge is 0.261 e. The van der Waals surface area contributed by atoms with E-state index >= 15 is 4.39 Å². The van der Waals surface area contributed by atoms with Gasteiger partial charge in [0.15, 0.2) is 5.65 Å². The number of hydrogen-bond acceptors (Lipinski definition) is 8. The number of nitrogens with two attached hydrogens (primary N) is 2. The van der Waals surface area contributed by atoms with Gasteiger partial charge in [0.05, 0.1) is 11.9 Å². The Balaban J connectivity index is 1.63. The Kier molecular flexibility index (Phi) is 7.36. The monoisotopic (exact) mass is 514 g/mol. The molecule has 11 heteroatoms. The number of aromatic nitrogens is 4. The minimum atomic E-state index is -0.834. The standard InChI is InChI=1S/C27H27FN8O2/c1-16(34-26(37)17(13-29)12-27(2,3)31)14-36-25-22(24(30)32-15-33-25)23(35-36)20-10-9-19(11-21(20)28)38-18-7-5-4-6-8-18/h4-12,15-16H,14,31H2,1-3H3,(H,34,37)(H2,30,32,33)/b17-12+/t16-/m1/s1. The number of ether oxygens (including phenoxy) is 1. The van der Waals surface area contributed by atoms with Crippen molar-refractivity contribution in [3.05, 3.63) is 72.3 Å². The van der Waals surface area contributed by atoms with E-state index in [0.29, 0.717) is 22.5 Å². The van der Waals surface area contributed by atoms with E-state index in [0.717, 1.165) is 0 Å². The lowest BCUT2D eigenvalue weighted by Gasteiger charge is -2.16. The summed E-state index contributed by atoms with van der Waals surface area (Å²) in [5.41, 5.74) is 11.9. The van der Waals surface area contributed by atoms with Crippen molar-refractivity contribution < 1.29 is 13.9 Å². The van der Waals surface area contributed by atoms with Crippen molar-refractivity contribution in [3.63, 3.8) is 0 Å². The number of rotatable bonds is 8. The molecular weight excluding hydrogens is 487 g/mol. The highest BCUT2D eigenvalue weighted by molar-refractivity contribution is 5.99. The summed E-state index contributed by atoms with van der Waals surface area (Å²) in [7, 11) is 0. The van der Waals surface area contributed by atoms with Crippen LogP contribution < -0.4 is 21.5 Å². The molecule has 0 unspecified atom stereocenters. The van der Waals surface area contributed by atoms with Gasteiger partial charge in [-0.3, -0.25) is 4.79 Å². The lowest BCUT2D eigenvalue weighted by atomic mass is 10.0. The molecule has 10 nitrogen and oxygen atoms in total. The fraction of sp³-hybridized carbons (Fsp3) is 0.222. The molecule has 4 rings (SSSR count). The van der Waals surface area contributed by atoms with Crippen LogP contribution in [0.4, 0.5) is 10.2 Å². The Morgan fingerprint density at radius 1 is 1.24 bits per heavy atom. The molecule has 5 N–H and O–H groups in total. The Morgan fingerprint density at radius 3 is 2.63 bits per heavy atom. The van der Waals surface area contributed by atoms with Crippen molar-refractivity contribution >= 4 is 22.8 Å². The Hall–Kier alpha value is -4.82. The van der Waals surface area contributed by atoms with Crippen LogP contribution in [0.5, 0.6) is 11.5 Å². The van der Waals surface area contributed by atoms with Gasteiger partial charge in [0.25, 0.3) is 5.91 Å². The van der Waals surface area contributed by atoms with Crippen LogP contribution in [0.25, 0.3) is 22.3 Å². The fourth-order valence-electron chi connectivity index (χ4n) is 3.85. The first-order valence-electron chi connectivity index (χ1n) is 11.8. The first-order valence-corrected chi connectivity index (χ1v) is 11.8. The van der Waals surface area contributed by atoms with E-state index < -0.39 is 23.3 Å². The lowest BCUT2D eigenvalue weighted by molar-refractivity contribution is -0.117. The van der Waals surface area contributed by atoms with Crippen molar-refractivity contribution in [1.29, 1.82) is 5.26 Å². The predicted octanol–water partition coefficient (Wildman–Crippen LogP) is 3.70. The van der Waals surface area contributed by atoms with E-state index in [2.05, 4.69) is 20.4 Å². The largest absolute Gasteiger partial charge is 0.457 e. The summed E-state index contributed by atoms with van der Waals surface area (Å²) in [5.74, 6) is -0.0970. The van der Waals surface area contributed by atoms with Crippen LogP contribution >= 0.6 is 0 Å². The number of nitrogen functional groups attached to an aromatic ring is 1. The first kappa shape index (κ1) is 26.2. The van der Waals surface area contributed by atoms with Gasteiger partial charge in [0.1, 0.15) is 46.8 Å². The molecule has 2 aromatic carbocycles. The van der Waals surface area contributed by atoms with Crippen LogP contribution in [0.15, 0.2) is 66.5 Å². The number of amides is 1. The highest BCUT2D eigenvalue weighted by Crippen LogP contribution is 2.34. The second-order valence-corrected chi connectivity index (χ2v) is 9.41. The number of nitriles is 1. The Labute approximate surface area is 218 Å². The summed E-state index contributed by atoms with van der Waals surface area (Å²) >= 11 is 0. The third kappa shape index (κ3) is 5.93. The second kappa shape index (κ2) is 10.7. The molecule has 2 heterocycles. The topological polar surface area (TPSA) is 158 Å². The SMILES string of the molecule is C[C@H](Cn1nc(-c2ccc(Oc3ccccc3)cc2F)c2c(N)ncnc21)NC(=O)/C(C#N)=C/C(C)(C)N. The molecular formula is C27H27FN8O2. The fourth-order valence-corrected chi connectivity index (χ4v) is 3.85. The number of anilines is 1. The zero-order valence-electron chi connectivity index (χ0n) is 21.1. The summed E-state index contributed by atoms with van der Waals surface area (Å²) in [6.45, 7) is 5.28. The third-order valence-corrected chi connectivity index (χ3v) is 5.44. The molecule has 4 aromatic rings. The predicted molar refractivity (Wildman–Crippen MR) is 141 cm³/mol. The summed E-state index contributed by atoms with van der Waals surface area (Å²) in [6.07, 6.45) is 2.69. The van der Waals surface area contributed by atoms with E-state index in [-0.39, 0.29) is 29.2 Å². The maximum absolute atomic E-state index is 15.3. The van der Waals surface area contributed by atoms with Gasteiger partial charge >= 0.3 is 0 Å². The molecule has 0 aliphatic heterocycles. The summed E-state index contributed by atoms with van der Waals surface area (Å²) in [4.78, 5) is 20.9. The van der Waals surface area contributed by atoms with Crippen LogP contribution in [0, 0.1) is 17.1 Å². The number of carbonyl (C=O) groups is 1. The summed E-state index contributed by atoms with van der Waals surface area (Å²) in [5, 5.41) is 17.1. The van der Waals surface area contributed by atoms with Gasteiger partial charge in [-0.05, 0) is 51.1 Å². The maximum atomic E-state index is 15.3. The molecule has 0 spiro atoms. The number of nitrogens with one attached hydrogen (secondary N) is 1. The molecule has 0 aliphatic rings. The average molecular weight is 515 g/mol. The van der Waals surface area contributed by atoms with Gasteiger partial charge < -0.3 is 21.5 Å². The minimum absolute atomic E-state index is 0.0955. The third-order valence-electron chi connectivity index (χ3n) is 5.44. The van der Waals surface area contributed by atoms with Crippen molar-refractivity contribution in [2.45, 2.75) is 38.9 Å². The number of halogens is 1. The Bertz CT molecular complexity index is 1550. The zero-order valence-corrected chi connectivity index (χ0v) is 21.1. The van der Waals surface area contributed by atoms with Gasteiger partial charge in [-0.25, -0.2) is 19.0 Å². The van der Waals surface area contributed by atoms with E-state index in [1.165, 1.54) is 23.2 Å². The van der Waals surface area contributed by atoms with E-state index in [1.807, 2.05) is 24.3 Å². The van der Waals surface area contributed by atoms with Crippen LogP contribution in [0.3, 0.4) is 0 Å². The molecule has 0 aliphatic carbocycles. The molecule has 0 bridgehead atoms. The molecule has 38 heavy (non-hydrogen) atoms. The van der Waals surface area contributed by atoms with Gasteiger partial charge in [-0.15, -0.1) is 0 Å². The van der Waals surface area contributed by atoms with E-state index in [4.69, 9.17) is 16.2 Å². The van der Waals surface area contributed by atoms with Crippen LogP contribution in [-0.4, -0.2) is 37.2 Å². The van der Waals surface area contributed by atoms with Crippen molar-refractivity contribution in [1.82, 2.24) is 25.1 Å². The van der Waals surface area contributed by atoms with E-state index in [9.17, 15) is 10.1 Å². The summed E-state index contributed by atoms with van der Waals surface area (Å²) in [6, 6.07) is 14.9. The molecule has 2 aromatic heterocycles. The molecule has 1 atom stereocenters.